The molecule has 4 aromatic carbocycles. The summed E-state index contributed by atoms with van der Waals surface area (Å²) in [5.41, 5.74) is -12.6. The molecule has 270 valence electrons. The van der Waals surface area contributed by atoms with Crippen LogP contribution < -0.4 is 20.1 Å². The maximum atomic E-state index is 16.4. The van der Waals surface area contributed by atoms with Gasteiger partial charge in [0.1, 0.15) is 11.5 Å². The lowest BCUT2D eigenvalue weighted by Gasteiger charge is -2.17. The van der Waals surface area contributed by atoms with Gasteiger partial charge in [0.05, 0.1) is 0 Å². The molecule has 1 aliphatic carbocycles. The summed E-state index contributed by atoms with van der Waals surface area (Å²) in [6.07, 6.45) is -8.58. The molecule has 4 aromatic rings. The third kappa shape index (κ3) is 7.24. The summed E-state index contributed by atoms with van der Waals surface area (Å²) in [7, 11) is 0. The second-order valence-corrected chi connectivity index (χ2v) is 13.0. The van der Waals surface area contributed by atoms with E-state index in [1.54, 1.807) is 0 Å². The van der Waals surface area contributed by atoms with Crippen molar-refractivity contribution in [1.29, 1.82) is 0 Å². The number of benzene rings is 4. The molecule has 0 saturated heterocycles. The van der Waals surface area contributed by atoms with Gasteiger partial charge in [-0.15, -0.1) is 0 Å². The van der Waals surface area contributed by atoms with Crippen LogP contribution in [0.15, 0.2) is 97.1 Å². The minimum absolute atomic E-state index is 0.0180. The zero-order chi connectivity index (χ0) is 37.6. The Hall–Kier alpha value is -3.98. The summed E-state index contributed by atoms with van der Waals surface area (Å²) in [4.78, 5) is 25.5. The molecule has 51 heavy (non-hydrogen) atoms. The van der Waals surface area contributed by atoms with E-state index >= 15 is 8.78 Å². The largest absolute Gasteiger partial charge is 0.444 e. The number of carbonyl (C=O) groups excluding carboxylic acids is 2. The highest BCUT2D eigenvalue weighted by Crippen LogP contribution is 2.80. The highest BCUT2D eigenvalue weighted by atomic mass is 35.5. The van der Waals surface area contributed by atoms with Gasteiger partial charge in [0.2, 0.25) is 15.7 Å². The standard InChI is InChI=1S/C33H20Cl4F8N2O4/c34-27(38)31(42,43)50-23-13-9-21(10-14-23)46-25(48)17-1-5-19(6-2-17)29(40)30(41,33(29,36)37)20-7-3-18(4-8-20)26(49)47-22-11-15-24(16-12-22)51-32(44,45)28(35)39/h1-16,27-28H,(H,46,48)(H,47,49). The summed E-state index contributed by atoms with van der Waals surface area (Å²) < 4.78 is 117. The van der Waals surface area contributed by atoms with Crippen LogP contribution in [0.3, 0.4) is 0 Å². The van der Waals surface area contributed by atoms with Crippen LogP contribution in [0.1, 0.15) is 31.8 Å². The molecular weight excluding hydrogens is 782 g/mol. The summed E-state index contributed by atoms with van der Waals surface area (Å²) >= 11 is 21.9. The van der Waals surface area contributed by atoms with Gasteiger partial charge in [-0.3, -0.25) is 9.59 Å². The van der Waals surface area contributed by atoms with Crippen molar-refractivity contribution in [1.82, 2.24) is 0 Å². The number of hydrogen-bond acceptors (Lipinski definition) is 4. The van der Waals surface area contributed by atoms with E-state index in [2.05, 4.69) is 20.1 Å². The molecule has 0 aromatic heterocycles. The first-order chi connectivity index (χ1) is 23.7. The van der Waals surface area contributed by atoms with Gasteiger partial charge in [-0.25, -0.2) is 17.6 Å². The fraction of sp³-hybridized carbons (Fsp3) is 0.212. The molecule has 6 nitrogen and oxygen atoms in total. The topological polar surface area (TPSA) is 76.7 Å². The Morgan fingerprint density at radius 2 is 0.863 bits per heavy atom. The highest BCUT2D eigenvalue weighted by molar-refractivity contribution is 6.53. The van der Waals surface area contributed by atoms with Gasteiger partial charge in [-0.2, -0.15) is 17.6 Å². The van der Waals surface area contributed by atoms with E-state index in [0.29, 0.717) is 0 Å². The molecule has 0 radical (unpaired) electrons. The van der Waals surface area contributed by atoms with Gasteiger partial charge in [0, 0.05) is 22.5 Å². The zero-order valence-electron chi connectivity index (χ0n) is 25.1. The third-order valence-corrected chi connectivity index (χ3v) is 9.16. The maximum Gasteiger partial charge on any atom is 0.444 e. The van der Waals surface area contributed by atoms with Crippen molar-refractivity contribution in [3.63, 3.8) is 0 Å². The minimum atomic E-state index is -4.29. The van der Waals surface area contributed by atoms with Crippen molar-refractivity contribution in [2.24, 2.45) is 0 Å². The van der Waals surface area contributed by atoms with Crippen molar-refractivity contribution >= 4 is 69.6 Å². The van der Waals surface area contributed by atoms with E-state index in [9.17, 15) is 35.9 Å². The van der Waals surface area contributed by atoms with Crippen LogP contribution in [-0.2, 0) is 11.3 Å². The fourth-order valence-electron chi connectivity index (χ4n) is 4.90. The Morgan fingerprint density at radius 1 is 0.569 bits per heavy atom. The van der Waals surface area contributed by atoms with Crippen molar-refractivity contribution in [2.75, 3.05) is 10.6 Å². The number of nitrogens with one attached hydrogen (secondary N) is 2. The molecule has 5 rings (SSSR count). The van der Waals surface area contributed by atoms with Gasteiger partial charge in [-0.05, 0) is 83.9 Å². The van der Waals surface area contributed by atoms with Crippen molar-refractivity contribution < 1.29 is 54.2 Å². The van der Waals surface area contributed by atoms with Gasteiger partial charge in [-0.1, -0.05) is 70.7 Å². The average Bonchev–Trinajstić information content (AvgIpc) is 3.45. The van der Waals surface area contributed by atoms with Crippen molar-refractivity contribution in [3.8, 4) is 11.5 Å². The van der Waals surface area contributed by atoms with Gasteiger partial charge >= 0.3 is 12.2 Å². The van der Waals surface area contributed by atoms with Crippen LogP contribution in [-0.4, -0.2) is 39.6 Å². The molecule has 2 N–H and O–H groups in total. The van der Waals surface area contributed by atoms with Gasteiger partial charge in [0.25, 0.3) is 23.1 Å². The zero-order valence-corrected chi connectivity index (χ0v) is 28.1. The van der Waals surface area contributed by atoms with Crippen LogP contribution in [0.25, 0.3) is 0 Å². The molecule has 1 saturated carbocycles. The summed E-state index contributed by atoms with van der Waals surface area (Å²) in [6, 6.07) is 17.9. The Balaban J connectivity index is 1.23. The quantitative estimate of drug-likeness (QED) is 0.111. The Morgan fingerprint density at radius 3 is 1.14 bits per heavy atom. The number of ether oxygens (including phenoxy) is 2. The van der Waals surface area contributed by atoms with E-state index in [1.807, 2.05) is 0 Å². The van der Waals surface area contributed by atoms with Gasteiger partial charge in [0.15, 0.2) is 0 Å². The molecule has 2 amide bonds. The van der Waals surface area contributed by atoms with E-state index in [-0.39, 0.29) is 33.6 Å². The van der Waals surface area contributed by atoms with E-state index < -0.39 is 62.5 Å². The maximum absolute atomic E-state index is 16.4. The smallest absolute Gasteiger partial charge is 0.429 e. The predicted octanol–water partition coefficient (Wildman–Crippen LogP) is 10.4. The first-order valence-electron chi connectivity index (χ1n) is 14.2. The summed E-state index contributed by atoms with van der Waals surface area (Å²) in [6.45, 7) is 0. The Labute approximate surface area is 303 Å². The summed E-state index contributed by atoms with van der Waals surface area (Å²) in [5, 5.41) is 4.92. The number of halogens is 12. The number of anilines is 2. The number of amides is 2. The first-order valence-corrected chi connectivity index (χ1v) is 15.9. The second kappa shape index (κ2) is 13.9. The lowest BCUT2D eigenvalue weighted by atomic mass is 9.98. The summed E-state index contributed by atoms with van der Waals surface area (Å²) in [5.74, 6) is -2.30. The van der Waals surface area contributed by atoms with Gasteiger partial charge < -0.3 is 20.1 Å². The molecule has 0 spiro atoms. The number of hydrogen-bond donors (Lipinski definition) is 2. The highest BCUT2D eigenvalue weighted by Gasteiger charge is 2.92. The lowest BCUT2D eigenvalue weighted by Crippen LogP contribution is -2.32. The molecular formula is C33H20Cl4F8N2O4. The van der Waals surface area contributed by atoms with Crippen molar-refractivity contribution in [3.05, 3.63) is 119 Å². The Bertz CT molecular complexity index is 1770. The van der Waals surface area contributed by atoms with Crippen LogP contribution in [0.2, 0.25) is 0 Å². The van der Waals surface area contributed by atoms with Crippen LogP contribution >= 0.6 is 46.4 Å². The SMILES string of the molecule is O=C(Nc1ccc(OC(F)(F)C(F)Cl)cc1)c1ccc(C2(F)C(Cl)(Cl)C2(F)c2ccc(C(=O)Nc3ccc(OC(F)(F)C(F)Cl)cc3)cc2)cc1. The molecule has 4 unspecified atom stereocenters. The average molecular weight is 802 g/mol. The predicted molar refractivity (Wildman–Crippen MR) is 174 cm³/mol. The molecule has 0 heterocycles. The fourth-order valence-corrected chi connectivity index (χ4v) is 5.86. The minimum Gasteiger partial charge on any atom is -0.429 e. The van der Waals surface area contributed by atoms with Crippen LogP contribution in [0, 0.1) is 0 Å². The molecule has 1 aliphatic rings. The van der Waals surface area contributed by atoms with Crippen LogP contribution in [0.5, 0.6) is 11.5 Å². The number of rotatable bonds is 12. The normalized spacial score (nSPS) is 20.9. The monoisotopic (exact) mass is 800 g/mol. The molecule has 0 bridgehead atoms. The number of carbonyl (C=O) groups is 2. The van der Waals surface area contributed by atoms with Crippen molar-refractivity contribution in [2.45, 2.75) is 39.1 Å². The van der Waals surface area contributed by atoms with E-state index in [1.165, 1.54) is 48.5 Å². The number of alkyl halides is 12. The Kier molecular flexibility index (Phi) is 10.4. The second-order valence-electron chi connectivity index (χ2n) is 10.9. The first kappa shape index (κ1) is 38.3. The van der Waals surface area contributed by atoms with E-state index in [4.69, 9.17) is 46.4 Å². The van der Waals surface area contributed by atoms with E-state index in [0.717, 1.165) is 48.5 Å². The lowest BCUT2D eigenvalue weighted by molar-refractivity contribution is -0.199. The van der Waals surface area contributed by atoms with Crippen LogP contribution in [0.4, 0.5) is 46.5 Å². The third-order valence-electron chi connectivity index (χ3n) is 7.61. The molecule has 0 aliphatic heterocycles. The molecule has 1 fully saturated rings. The molecule has 4 atom stereocenters. The molecule has 18 heteroatoms.